The highest BCUT2D eigenvalue weighted by molar-refractivity contribution is 7.99. The smallest absolute Gasteiger partial charge is 0.246 e. The Kier molecular flexibility index (Phi) is 6.75. The predicted molar refractivity (Wildman–Crippen MR) is 156 cm³/mol. The summed E-state index contributed by atoms with van der Waals surface area (Å²) in [5.41, 5.74) is 3.58. The number of amides is 1. The van der Waals surface area contributed by atoms with E-state index < -0.39 is 11.6 Å². The van der Waals surface area contributed by atoms with Gasteiger partial charge in [0.25, 0.3) is 0 Å². The number of nitrogens with zero attached hydrogens (tertiary/aromatic N) is 4. The van der Waals surface area contributed by atoms with Crippen LogP contribution in [0.3, 0.4) is 0 Å². The van der Waals surface area contributed by atoms with Crippen molar-refractivity contribution in [3.8, 4) is 11.1 Å². The maximum Gasteiger partial charge on any atom is 0.246 e. The lowest BCUT2D eigenvalue weighted by molar-refractivity contribution is -0.132. The lowest BCUT2D eigenvalue weighted by Crippen LogP contribution is -2.60. The van der Waals surface area contributed by atoms with Crippen LogP contribution in [0, 0.1) is 24.0 Å². The van der Waals surface area contributed by atoms with Crippen LogP contribution in [0.5, 0.6) is 0 Å². The molecule has 0 radical (unpaired) electrons. The Hall–Kier alpha value is -2.88. The zero-order valence-electron chi connectivity index (χ0n) is 22.8. The van der Waals surface area contributed by atoms with Gasteiger partial charge in [0, 0.05) is 70.5 Å². The second kappa shape index (κ2) is 9.89. The summed E-state index contributed by atoms with van der Waals surface area (Å²) < 4.78 is 35.1. The number of rotatable bonds is 2. The van der Waals surface area contributed by atoms with E-state index in [1.54, 1.807) is 11.8 Å². The fourth-order valence-electron chi connectivity index (χ4n) is 6.40. The monoisotopic (exact) mass is 584 g/mol. The molecule has 4 heterocycles. The number of carbonyl (C=O) groups excluding carboxylic acids is 1. The summed E-state index contributed by atoms with van der Waals surface area (Å²) in [7, 11) is 0. The molecule has 4 aliphatic heterocycles. The molecule has 0 N–H and O–H groups in total. The van der Waals surface area contributed by atoms with Gasteiger partial charge >= 0.3 is 0 Å². The topological polar surface area (TPSA) is 48.4 Å². The van der Waals surface area contributed by atoms with Crippen LogP contribution < -0.4 is 4.90 Å². The number of hydrogen-bond acceptors (Lipinski definition) is 6. The van der Waals surface area contributed by atoms with E-state index in [9.17, 15) is 9.18 Å². The first kappa shape index (κ1) is 27.3. The number of ether oxygens (including phenoxy) is 1. The van der Waals surface area contributed by atoms with Crippen LogP contribution in [0.25, 0.3) is 11.1 Å². The molecule has 0 unspecified atom stereocenters. The Morgan fingerprint density at radius 3 is 2.50 bits per heavy atom. The molecule has 2 aromatic carbocycles. The van der Waals surface area contributed by atoms with Gasteiger partial charge < -0.3 is 19.4 Å². The minimum Gasteiger partial charge on any atom is -0.380 e. The first-order valence-electron chi connectivity index (χ1n) is 13.3. The van der Waals surface area contributed by atoms with Crippen LogP contribution >= 0.6 is 23.4 Å². The van der Waals surface area contributed by atoms with Crippen molar-refractivity contribution < 1.29 is 18.3 Å². The second-order valence-corrected chi connectivity index (χ2v) is 12.7. The average molecular weight is 585 g/mol. The summed E-state index contributed by atoms with van der Waals surface area (Å²) in [5.74, 6) is 0.643. The third-order valence-corrected chi connectivity index (χ3v) is 10.0. The van der Waals surface area contributed by atoms with Gasteiger partial charge in [-0.1, -0.05) is 24.8 Å². The SMILES string of the molecule is C=CC(=O)N1[C@H](C)CN(C2=NC(=C)N3CC4(COC4)CSc4c(-c5cc(Cl)c(F)cc5F)c(C)cc2c43)C[C@@H]1C. The standard InChI is InChI=1S/C30H31ClF2N4O2S/c1-6-25(38)37-17(3)10-35(11-18(37)4)29-21-7-16(2)26(20-8-22(31)24(33)9-23(20)32)28-27(21)36(19(5)34-29)12-30(15-40-28)13-39-14-30/h6-9,17-18H,1,5,10-15H2,2-4H3/t17-,18+. The van der Waals surface area contributed by atoms with Gasteiger partial charge in [0.05, 0.1) is 23.9 Å². The van der Waals surface area contributed by atoms with Gasteiger partial charge in [-0.2, -0.15) is 0 Å². The van der Waals surface area contributed by atoms with Crippen molar-refractivity contribution in [1.82, 2.24) is 9.80 Å². The van der Waals surface area contributed by atoms with E-state index in [4.69, 9.17) is 21.3 Å². The molecule has 1 spiro atoms. The number of aryl methyl sites for hydroxylation is 1. The summed E-state index contributed by atoms with van der Waals surface area (Å²) in [6.45, 7) is 17.1. The highest BCUT2D eigenvalue weighted by Crippen LogP contribution is 2.52. The van der Waals surface area contributed by atoms with Crippen molar-refractivity contribution in [2.24, 2.45) is 10.4 Å². The van der Waals surface area contributed by atoms with Gasteiger partial charge in [0.2, 0.25) is 5.91 Å². The molecule has 40 heavy (non-hydrogen) atoms. The first-order chi connectivity index (χ1) is 19.0. The van der Waals surface area contributed by atoms with E-state index in [1.165, 1.54) is 12.1 Å². The van der Waals surface area contributed by atoms with Gasteiger partial charge in [0.15, 0.2) is 0 Å². The van der Waals surface area contributed by atoms with E-state index in [0.29, 0.717) is 44.2 Å². The summed E-state index contributed by atoms with van der Waals surface area (Å²) >= 11 is 7.82. The van der Waals surface area contributed by atoms with Crippen LogP contribution in [0.1, 0.15) is 25.0 Å². The minimum atomic E-state index is -0.788. The maximum atomic E-state index is 15.3. The van der Waals surface area contributed by atoms with Gasteiger partial charge in [0.1, 0.15) is 23.3 Å². The van der Waals surface area contributed by atoms with E-state index in [-0.39, 0.29) is 34.0 Å². The maximum absolute atomic E-state index is 15.3. The third kappa shape index (κ3) is 4.25. The molecule has 2 fully saturated rings. The first-order valence-corrected chi connectivity index (χ1v) is 14.7. The summed E-state index contributed by atoms with van der Waals surface area (Å²) in [6, 6.07) is 4.16. The molecule has 210 valence electrons. The fourth-order valence-corrected chi connectivity index (χ4v) is 8.04. The molecular weight excluding hydrogens is 554 g/mol. The normalized spacial score (nSPS) is 23.4. The van der Waals surface area contributed by atoms with E-state index in [0.717, 1.165) is 39.4 Å². The third-order valence-electron chi connectivity index (χ3n) is 8.27. The van der Waals surface area contributed by atoms with E-state index in [2.05, 4.69) is 23.0 Å². The Bertz CT molecular complexity index is 1480. The molecule has 0 saturated carbocycles. The van der Waals surface area contributed by atoms with Crippen LogP contribution in [0.4, 0.5) is 14.5 Å². The van der Waals surface area contributed by atoms with Crippen molar-refractivity contribution >= 4 is 40.8 Å². The zero-order chi connectivity index (χ0) is 28.5. The molecule has 4 aliphatic rings. The summed E-state index contributed by atoms with van der Waals surface area (Å²) in [6.07, 6.45) is 1.36. The molecular formula is C30H31ClF2N4O2S. The molecule has 2 aromatic rings. The van der Waals surface area contributed by atoms with Crippen molar-refractivity contribution in [1.29, 1.82) is 0 Å². The summed E-state index contributed by atoms with van der Waals surface area (Å²) in [4.78, 5) is 24.7. The van der Waals surface area contributed by atoms with Crippen molar-refractivity contribution in [3.63, 3.8) is 0 Å². The van der Waals surface area contributed by atoms with Crippen molar-refractivity contribution in [2.75, 3.05) is 43.5 Å². The largest absolute Gasteiger partial charge is 0.380 e. The van der Waals surface area contributed by atoms with Gasteiger partial charge in [-0.3, -0.25) is 4.79 Å². The lowest BCUT2D eigenvalue weighted by atomic mass is 9.86. The number of benzene rings is 2. The summed E-state index contributed by atoms with van der Waals surface area (Å²) in [5, 5.41) is -0.123. The Balaban J connectivity index is 1.52. The molecule has 2 atom stereocenters. The molecule has 0 aromatic heterocycles. The van der Waals surface area contributed by atoms with Gasteiger partial charge in [-0.15, -0.1) is 11.8 Å². The van der Waals surface area contributed by atoms with E-state index >= 15 is 4.39 Å². The minimum absolute atomic E-state index is 0.0533. The van der Waals surface area contributed by atoms with Crippen LogP contribution in [0.15, 0.2) is 53.1 Å². The van der Waals surface area contributed by atoms with Gasteiger partial charge in [-0.05, 0) is 44.5 Å². The molecule has 6 nitrogen and oxygen atoms in total. The second-order valence-electron chi connectivity index (χ2n) is 11.3. The van der Waals surface area contributed by atoms with Crippen LogP contribution in [0.2, 0.25) is 5.02 Å². The van der Waals surface area contributed by atoms with Crippen LogP contribution in [-0.2, 0) is 9.53 Å². The molecule has 6 rings (SSSR count). The number of hydrogen-bond donors (Lipinski definition) is 0. The Morgan fingerprint density at radius 1 is 1.18 bits per heavy atom. The van der Waals surface area contributed by atoms with Crippen molar-refractivity contribution in [2.45, 2.75) is 37.8 Å². The number of anilines is 1. The number of halogens is 3. The quantitative estimate of drug-likeness (QED) is 0.327. The number of carbonyl (C=O) groups is 1. The Labute approximate surface area is 242 Å². The number of amidine groups is 1. The Morgan fingerprint density at radius 2 is 1.88 bits per heavy atom. The van der Waals surface area contributed by atoms with Crippen LogP contribution in [-0.4, -0.2) is 72.2 Å². The van der Waals surface area contributed by atoms with Gasteiger partial charge in [-0.25, -0.2) is 13.8 Å². The molecule has 10 heteroatoms. The molecule has 2 saturated heterocycles. The molecule has 1 amide bonds. The highest BCUT2D eigenvalue weighted by Gasteiger charge is 2.46. The highest BCUT2D eigenvalue weighted by atomic mass is 35.5. The fraction of sp³-hybridized carbons (Fsp3) is 0.400. The average Bonchev–Trinajstić information content (AvgIpc) is 3.07. The molecule has 0 aliphatic carbocycles. The number of aliphatic imine (C=N–C) groups is 1. The predicted octanol–water partition coefficient (Wildman–Crippen LogP) is 5.86. The lowest BCUT2D eigenvalue weighted by Gasteiger charge is -2.47. The zero-order valence-corrected chi connectivity index (χ0v) is 24.3. The van der Waals surface area contributed by atoms with Crippen molar-refractivity contribution in [3.05, 3.63) is 71.0 Å². The number of piperazine rings is 1. The number of thioether (sulfide) groups is 1. The molecule has 0 bridgehead atoms. The van der Waals surface area contributed by atoms with E-state index in [1.807, 2.05) is 31.7 Å².